The molecule has 1 aromatic rings. The van der Waals surface area contributed by atoms with Crippen LogP contribution >= 0.6 is 0 Å². The molecule has 1 fully saturated rings. The molecule has 0 aromatic heterocycles. The van der Waals surface area contributed by atoms with Gasteiger partial charge in [-0.2, -0.15) is 0 Å². The molecule has 1 amide bonds. The van der Waals surface area contributed by atoms with Gasteiger partial charge >= 0.3 is 6.09 Å². The predicted octanol–water partition coefficient (Wildman–Crippen LogP) is 3.54. The Bertz CT molecular complexity index is 607. The second-order valence-electron chi connectivity index (χ2n) is 7.39. The average Bonchev–Trinajstić information content (AvgIpc) is 2.71. The van der Waals surface area contributed by atoms with Crippen molar-refractivity contribution < 1.29 is 14.3 Å². The molecule has 22 heavy (non-hydrogen) atoms. The van der Waals surface area contributed by atoms with Crippen LogP contribution in [-0.2, 0) is 10.2 Å². The second kappa shape index (κ2) is 5.11. The lowest BCUT2D eigenvalue weighted by molar-refractivity contribution is 0.0166. The maximum Gasteiger partial charge on any atom is 0.410 e. The van der Waals surface area contributed by atoms with Gasteiger partial charge in [-0.1, -0.05) is 24.3 Å². The summed E-state index contributed by atoms with van der Waals surface area (Å²) in [7, 11) is 0. The van der Waals surface area contributed by atoms with Gasteiger partial charge in [-0.05, 0) is 39.2 Å². The van der Waals surface area contributed by atoms with Gasteiger partial charge in [0.1, 0.15) is 5.60 Å². The van der Waals surface area contributed by atoms with Crippen LogP contribution in [0.3, 0.4) is 0 Å². The molecule has 0 N–H and O–H groups in total. The molecule has 0 atom stereocenters. The van der Waals surface area contributed by atoms with E-state index in [0.29, 0.717) is 19.5 Å². The minimum atomic E-state index is -0.470. The van der Waals surface area contributed by atoms with Crippen molar-refractivity contribution >= 4 is 11.9 Å². The maximum atomic E-state index is 12.2. The first-order valence-electron chi connectivity index (χ1n) is 7.91. The van der Waals surface area contributed by atoms with E-state index >= 15 is 0 Å². The Morgan fingerprint density at radius 3 is 2.45 bits per heavy atom. The Labute approximate surface area is 131 Å². The van der Waals surface area contributed by atoms with Crippen molar-refractivity contribution in [2.45, 2.75) is 51.0 Å². The lowest BCUT2D eigenvalue weighted by Gasteiger charge is -2.39. The molecular formula is C18H23NO3. The molecule has 0 unspecified atom stereocenters. The number of benzene rings is 1. The summed E-state index contributed by atoms with van der Waals surface area (Å²) in [6.07, 6.45) is 1.98. The maximum absolute atomic E-state index is 12.2. The number of fused-ring (bicyclic) bond motifs is 2. The number of Topliss-reactive ketones (excluding diaryl/α,β-unsaturated/α-hetero) is 1. The fraction of sp³-hybridized carbons (Fsp3) is 0.556. The average molecular weight is 301 g/mol. The number of ketones is 1. The normalized spacial score (nSPS) is 20.1. The molecule has 1 heterocycles. The van der Waals surface area contributed by atoms with Gasteiger partial charge in [0.25, 0.3) is 0 Å². The number of ether oxygens (including phenoxy) is 1. The molecule has 0 bridgehead atoms. The standard InChI is InChI=1S/C18H23NO3/c1-17(2,3)22-16(21)19-10-8-18(9-11-19)12-15(20)13-6-4-5-7-14(13)18/h4-7H,8-12H2,1-3H3. The van der Waals surface area contributed by atoms with E-state index < -0.39 is 5.60 Å². The minimum Gasteiger partial charge on any atom is -0.444 e. The van der Waals surface area contributed by atoms with Crippen LogP contribution in [0.1, 0.15) is 56.0 Å². The lowest BCUT2D eigenvalue weighted by atomic mass is 9.74. The fourth-order valence-corrected chi connectivity index (χ4v) is 3.58. The first-order valence-corrected chi connectivity index (χ1v) is 7.91. The Morgan fingerprint density at radius 2 is 1.82 bits per heavy atom. The summed E-state index contributed by atoms with van der Waals surface area (Å²) in [5, 5.41) is 0. The van der Waals surface area contributed by atoms with Crippen LogP contribution < -0.4 is 0 Å². The molecule has 4 nitrogen and oxygen atoms in total. The first-order chi connectivity index (χ1) is 10.3. The third-order valence-electron chi connectivity index (χ3n) is 4.67. The number of carbonyl (C=O) groups is 2. The van der Waals surface area contributed by atoms with E-state index in [9.17, 15) is 9.59 Å². The van der Waals surface area contributed by atoms with Crippen molar-refractivity contribution in [3.05, 3.63) is 35.4 Å². The zero-order valence-electron chi connectivity index (χ0n) is 13.5. The Balaban J connectivity index is 1.73. The largest absolute Gasteiger partial charge is 0.444 e. The molecule has 118 valence electrons. The third-order valence-corrected chi connectivity index (χ3v) is 4.67. The second-order valence-corrected chi connectivity index (χ2v) is 7.39. The molecule has 1 spiro atoms. The van der Waals surface area contributed by atoms with E-state index in [1.165, 1.54) is 5.56 Å². The summed E-state index contributed by atoms with van der Waals surface area (Å²) in [5.41, 5.74) is 1.49. The van der Waals surface area contributed by atoms with Gasteiger partial charge < -0.3 is 9.64 Å². The Morgan fingerprint density at radius 1 is 1.18 bits per heavy atom. The van der Waals surface area contributed by atoms with Crippen molar-refractivity contribution in [3.8, 4) is 0 Å². The zero-order chi connectivity index (χ0) is 16.0. The van der Waals surface area contributed by atoms with E-state index in [2.05, 4.69) is 6.07 Å². The van der Waals surface area contributed by atoms with Crippen molar-refractivity contribution in [1.82, 2.24) is 4.90 Å². The molecule has 1 aromatic carbocycles. The zero-order valence-corrected chi connectivity index (χ0v) is 13.5. The summed E-state index contributed by atoms with van der Waals surface area (Å²) in [6, 6.07) is 7.92. The van der Waals surface area contributed by atoms with E-state index in [0.717, 1.165) is 18.4 Å². The molecule has 0 saturated carbocycles. The van der Waals surface area contributed by atoms with Gasteiger partial charge in [0, 0.05) is 30.5 Å². The third kappa shape index (κ3) is 2.62. The molecule has 1 aliphatic heterocycles. The number of piperidine rings is 1. The summed E-state index contributed by atoms with van der Waals surface area (Å²) >= 11 is 0. The molecule has 1 aliphatic carbocycles. The smallest absolute Gasteiger partial charge is 0.410 e. The molecule has 2 aliphatic rings. The highest BCUT2D eigenvalue weighted by molar-refractivity contribution is 6.02. The van der Waals surface area contributed by atoms with Gasteiger partial charge in [-0.25, -0.2) is 4.79 Å². The molecule has 3 rings (SSSR count). The van der Waals surface area contributed by atoms with Crippen LogP contribution in [0.5, 0.6) is 0 Å². The SMILES string of the molecule is CC(C)(C)OC(=O)N1CCC2(CC1)CC(=O)c1ccccc12. The van der Waals surface area contributed by atoms with Crippen LogP contribution in [0.4, 0.5) is 4.79 Å². The molecule has 4 heteroatoms. The first kappa shape index (κ1) is 15.1. The highest BCUT2D eigenvalue weighted by Crippen LogP contribution is 2.46. The van der Waals surface area contributed by atoms with Crippen LogP contribution in [0.25, 0.3) is 0 Å². The molecule has 0 radical (unpaired) electrons. The van der Waals surface area contributed by atoms with Gasteiger partial charge in [0.15, 0.2) is 5.78 Å². The van der Waals surface area contributed by atoms with E-state index in [-0.39, 0.29) is 17.3 Å². The van der Waals surface area contributed by atoms with Gasteiger partial charge in [-0.15, -0.1) is 0 Å². The lowest BCUT2D eigenvalue weighted by Crippen LogP contribution is -2.46. The number of carbonyl (C=O) groups excluding carboxylic acids is 2. The number of hydrogen-bond donors (Lipinski definition) is 0. The highest BCUT2D eigenvalue weighted by Gasteiger charge is 2.45. The van der Waals surface area contributed by atoms with Gasteiger partial charge in [0.05, 0.1) is 0 Å². The molecular weight excluding hydrogens is 278 g/mol. The number of hydrogen-bond acceptors (Lipinski definition) is 3. The van der Waals surface area contributed by atoms with Crippen molar-refractivity contribution in [2.24, 2.45) is 0 Å². The summed E-state index contributed by atoms with van der Waals surface area (Å²) in [5.74, 6) is 0.237. The highest BCUT2D eigenvalue weighted by atomic mass is 16.6. The topological polar surface area (TPSA) is 46.6 Å². The van der Waals surface area contributed by atoms with Gasteiger partial charge in [-0.3, -0.25) is 4.79 Å². The van der Waals surface area contributed by atoms with E-state index in [4.69, 9.17) is 4.74 Å². The summed E-state index contributed by atoms with van der Waals surface area (Å²) in [4.78, 5) is 26.2. The Hall–Kier alpha value is -1.84. The fourth-order valence-electron chi connectivity index (χ4n) is 3.58. The van der Waals surface area contributed by atoms with Crippen molar-refractivity contribution in [2.75, 3.05) is 13.1 Å². The van der Waals surface area contributed by atoms with Crippen molar-refractivity contribution in [3.63, 3.8) is 0 Å². The minimum absolute atomic E-state index is 0.0772. The predicted molar refractivity (Wildman–Crippen MR) is 84.1 cm³/mol. The summed E-state index contributed by atoms with van der Waals surface area (Å²) in [6.45, 7) is 6.93. The number of nitrogens with zero attached hydrogens (tertiary/aromatic N) is 1. The Kier molecular flexibility index (Phi) is 3.50. The number of amides is 1. The van der Waals surface area contributed by atoms with E-state index in [1.807, 2.05) is 39.0 Å². The molecule has 1 saturated heterocycles. The van der Waals surface area contributed by atoms with Crippen LogP contribution in [0.15, 0.2) is 24.3 Å². The van der Waals surface area contributed by atoms with Crippen molar-refractivity contribution in [1.29, 1.82) is 0 Å². The van der Waals surface area contributed by atoms with Gasteiger partial charge in [0.2, 0.25) is 0 Å². The van der Waals surface area contributed by atoms with Crippen LogP contribution in [0.2, 0.25) is 0 Å². The van der Waals surface area contributed by atoms with E-state index in [1.54, 1.807) is 4.90 Å². The van der Waals surface area contributed by atoms with Crippen LogP contribution in [-0.4, -0.2) is 35.5 Å². The number of rotatable bonds is 0. The van der Waals surface area contributed by atoms with Crippen LogP contribution in [0, 0.1) is 0 Å². The monoisotopic (exact) mass is 301 g/mol. The number of likely N-dealkylation sites (tertiary alicyclic amines) is 1. The summed E-state index contributed by atoms with van der Waals surface area (Å²) < 4.78 is 5.44. The quantitative estimate of drug-likeness (QED) is 0.736.